The van der Waals surface area contributed by atoms with Crippen LogP contribution in [-0.2, 0) is 6.54 Å². The molecule has 1 amide bonds. The molecular weight excluding hydrogens is 477 g/mol. The first kappa shape index (κ1) is 25.7. The van der Waals surface area contributed by atoms with Gasteiger partial charge in [0.15, 0.2) is 4.83 Å². The van der Waals surface area contributed by atoms with Crippen LogP contribution in [0.3, 0.4) is 0 Å². The molecule has 2 aromatic heterocycles. The minimum Gasteiger partial charge on any atom is -0.330 e. The van der Waals surface area contributed by atoms with E-state index in [0.29, 0.717) is 53.2 Å². The van der Waals surface area contributed by atoms with Gasteiger partial charge in [-0.1, -0.05) is 36.8 Å². The molecule has 0 spiro atoms. The van der Waals surface area contributed by atoms with Gasteiger partial charge in [0.1, 0.15) is 11.6 Å². The predicted molar refractivity (Wildman–Crippen MR) is 141 cm³/mol. The molecule has 4 rings (SSSR count). The molecule has 0 aliphatic carbocycles. The van der Waals surface area contributed by atoms with Crippen molar-refractivity contribution < 1.29 is 9.18 Å². The summed E-state index contributed by atoms with van der Waals surface area (Å²) < 4.78 is 19.5. The fraction of sp³-hybridized carbons (Fsp3) is 0.333. The van der Waals surface area contributed by atoms with Crippen molar-refractivity contribution in [1.29, 1.82) is 0 Å². The van der Waals surface area contributed by atoms with Crippen molar-refractivity contribution in [2.45, 2.75) is 46.2 Å². The molecular formula is C27H30FN5O2S. The Bertz CT molecular complexity index is 1410. The fourth-order valence-corrected chi connectivity index (χ4v) is 5.10. The quantitative estimate of drug-likeness (QED) is 0.357. The smallest absolute Gasteiger partial charge is 0.264 e. The van der Waals surface area contributed by atoms with E-state index in [1.54, 1.807) is 28.5 Å². The van der Waals surface area contributed by atoms with Crippen LogP contribution in [0.15, 0.2) is 53.3 Å². The van der Waals surface area contributed by atoms with Crippen molar-refractivity contribution in [2.24, 2.45) is 5.73 Å². The molecule has 0 bridgehead atoms. The Labute approximate surface area is 213 Å². The molecule has 0 fully saturated rings. The monoisotopic (exact) mass is 507 g/mol. The zero-order valence-electron chi connectivity index (χ0n) is 20.7. The number of carbonyl (C=O) groups is 1. The summed E-state index contributed by atoms with van der Waals surface area (Å²) in [5.74, 6) is -0.000197. The number of nitrogens with zero attached hydrogens (tertiary/aromatic N) is 4. The van der Waals surface area contributed by atoms with Gasteiger partial charge >= 0.3 is 0 Å². The van der Waals surface area contributed by atoms with E-state index in [9.17, 15) is 14.0 Å². The van der Waals surface area contributed by atoms with Gasteiger partial charge in [-0.2, -0.15) is 4.37 Å². The molecule has 0 unspecified atom stereocenters. The second-order valence-electron chi connectivity index (χ2n) is 8.87. The van der Waals surface area contributed by atoms with Crippen LogP contribution in [0.1, 0.15) is 58.8 Å². The maximum Gasteiger partial charge on any atom is 0.264 e. The highest BCUT2D eigenvalue weighted by atomic mass is 32.1. The van der Waals surface area contributed by atoms with Crippen LogP contribution < -0.4 is 11.3 Å². The van der Waals surface area contributed by atoms with E-state index >= 15 is 0 Å². The predicted octanol–water partition coefficient (Wildman–Crippen LogP) is 4.60. The fourth-order valence-electron chi connectivity index (χ4n) is 4.33. The molecule has 2 heterocycles. The van der Waals surface area contributed by atoms with Crippen molar-refractivity contribution >= 4 is 27.7 Å². The molecule has 0 saturated carbocycles. The Morgan fingerprint density at radius 2 is 1.83 bits per heavy atom. The molecule has 0 aliphatic heterocycles. The Morgan fingerprint density at radius 3 is 2.47 bits per heavy atom. The number of fused-ring (bicyclic) bond motifs is 1. The minimum atomic E-state index is -0.467. The minimum absolute atomic E-state index is 0.140. The summed E-state index contributed by atoms with van der Waals surface area (Å²) >= 11 is 1.18. The van der Waals surface area contributed by atoms with Gasteiger partial charge in [0.05, 0.1) is 23.7 Å². The van der Waals surface area contributed by atoms with Gasteiger partial charge in [-0.15, -0.1) is 0 Å². The topological polar surface area (TPSA) is 94.1 Å². The highest BCUT2D eigenvalue weighted by Gasteiger charge is 2.30. The van der Waals surface area contributed by atoms with Crippen LogP contribution in [0, 0.1) is 19.7 Å². The van der Waals surface area contributed by atoms with Gasteiger partial charge in [-0.05, 0) is 74.6 Å². The summed E-state index contributed by atoms with van der Waals surface area (Å²) in [6, 6.07) is 13.0. The van der Waals surface area contributed by atoms with E-state index < -0.39 is 6.04 Å². The van der Waals surface area contributed by atoms with E-state index in [4.69, 9.17) is 10.7 Å². The lowest BCUT2D eigenvalue weighted by molar-refractivity contribution is 0.0656. The highest BCUT2D eigenvalue weighted by molar-refractivity contribution is 7.12. The van der Waals surface area contributed by atoms with E-state index in [1.807, 2.05) is 38.1 Å². The molecule has 0 radical (unpaired) electrons. The van der Waals surface area contributed by atoms with Crippen molar-refractivity contribution in [2.75, 3.05) is 13.1 Å². The van der Waals surface area contributed by atoms with Gasteiger partial charge in [0.2, 0.25) is 0 Å². The third-order valence-electron chi connectivity index (χ3n) is 6.27. The molecule has 188 valence electrons. The standard InChI is InChI=1S/C27H30FN5O2S/c1-4-22(32(15-5-14-29)26(34)20-10-6-17(2)7-11-20)24-30-25-23(18(3)31-36-25)27(35)33(24)16-19-8-12-21(28)13-9-19/h6-13,22H,4-5,14-16,29H2,1-3H3/t22-/m0/s1. The van der Waals surface area contributed by atoms with Crippen LogP contribution in [-0.4, -0.2) is 37.8 Å². The molecule has 0 saturated heterocycles. The lowest BCUT2D eigenvalue weighted by Crippen LogP contribution is -2.40. The summed E-state index contributed by atoms with van der Waals surface area (Å²) in [4.78, 5) is 34.6. The van der Waals surface area contributed by atoms with Gasteiger partial charge in [-0.25, -0.2) is 9.37 Å². The molecule has 2 aromatic carbocycles. The number of hydrogen-bond donors (Lipinski definition) is 1. The molecule has 7 nitrogen and oxygen atoms in total. The van der Waals surface area contributed by atoms with Crippen LogP contribution in [0.2, 0.25) is 0 Å². The number of aromatic nitrogens is 3. The second kappa shape index (κ2) is 11.1. The van der Waals surface area contributed by atoms with Gasteiger partial charge < -0.3 is 10.6 Å². The molecule has 9 heteroatoms. The average molecular weight is 508 g/mol. The SMILES string of the molecule is CC[C@@H](c1nc2snc(C)c2c(=O)n1Cc1ccc(F)cc1)N(CCCN)C(=O)c1ccc(C)cc1. The van der Waals surface area contributed by atoms with E-state index in [2.05, 4.69) is 4.37 Å². The lowest BCUT2D eigenvalue weighted by Gasteiger charge is -2.32. The maximum atomic E-state index is 13.7. The number of halogens is 1. The van der Waals surface area contributed by atoms with E-state index in [1.165, 1.54) is 23.7 Å². The maximum absolute atomic E-state index is 13.7. The summed E-state index contributed by atoms with van der Waals surface area (Å²) in [5, 5.41) is 0.471. The first-order valence-corrected chi connectivity index (χ1v) is 12.8. The Balaban J connectivity index is 1.86. The zero-order chi connectivity index (χ0) is 25.8. The zero-order valence-corrected chi connectivity index (χ0v) is 21.5. The summed E-state index contributed by atoms with van der Waals surface area (Å²) in [5.41, 5.74) is 8.61. The Hall–Kier alpha value is -3.43. The molecule has 1 atom stereocenters. The van der Waals surface area contributed by atoms with Crippen LogP contribution in [0.5, 0.6) is 0 Å². The number of amides is 1. The average Bonchev–Trinajstić information content (AvgIpc) is 3.25. The number of aryl methyl sites for hydroxylation is 2. The second-order valence-corrected chi connectivity index (χ2v) is 9.62. The Kier molecular flexibility index (Phi) is 7.91. The largest absolute Gasteiger partial charge is 0.330 e. The number of carbonyl (C=O) groups excluding carboxylic acids is 1. The van der Waals surface area contributed by atoms with Gasteiger partial charge in [0.25, 0.3) is 11.5 Å². The molecule has 4 aromatic rings. The first-order valence-electron chi connectivity index (χ1n) is 12.0. The van der Waals surface area contributed by atoms with Crippen LogP contribution >= 0.6 is 11.5 Å². The summed E-state index contributed by atoms with van der Waals surface area (Å²) in [6.07, 6.45) is 1.15. The molecule has 36 heavy (non-hydrogen) atoms. The van der Waals surface area contributed by atoms with E-state index in [0.717, 1.165) is 11.1 Å². The normalized spacial score (nSPS) is 12.1. The van der Waals surface area contributed by atoms with Crippen molar-refractivity contribution in [3.63, 3.8) is 0 Å². The van der Waals surface area contributed by atoms with E-state index in [-0.39, 0.29) is 23.8 Å². The number of benzene rings is 2. The number of hydrogen-bond acceptors (Lipinski definition) is 6. The van der Waals surface area contributed by atoms with Crippen LogP contribution in [0.4, 0.5) is 4.39 Å². The summed E-state index contributed by atoms with van der Waals surface area (Å²) in [6.45, 7) is 6.78. The van der Waals surface area contributed by atoms with Crippen molar-refractivity contribution in [3.05, 3.63) is 92.9 Å². The third kappa shape index (κ3) is 5.22. The van der Waals surface area contributed by atoms with Gasteiger partial charge in [0, 0.05) is 12.1 Å². The number of nitrogens with two attached hydrogens (primary N) is 1. The van der Waals surface area contributed by atoms with Crippen LogP contribution in [0.25, 0.3) is 10.2 Å². The highest BCUT2D eigenvalue weighted by Crippen LogP contribution is 2.28. The van der Waals surface area contributed by atoms with Crippen molar-refractivity contribution in [1.82, 2.24) is 18.8 Å². The lowest BCUT2D eigenvalue weighted by atomic mass is 10.1. The summed E-state index contributed by atoms with van der Waals surface area (Å²) in [7, 11) is 0. The number of rotatable bonds is 9. The third-order valence-corrected chi connectivity index (χ3v) is 7.11. The van der Waals surface area contributed by atoms with Gasteiger partial charge in [-0.3, -0.25) is 14.2 Å². The Morgan fingerprint density at radius 1 is 1.14 bits per heavy atom. The first-order chi connectivity index (χ1) is 17.3. The van der Waals surface area contributed by atoms with Crippen molar-refractivity contribution in [3.8, 4) is 0 Å². The molecule has 0 aliphatic rings. The molecule has 2 N–H and O–H groups in total.